The van der Waals surface area contributed by atoms with Gasteiger partial charge in [-0.2, -0.15) is 0 Å². The van der Waals surface area contributed by atoms with Crippen LogP contribution in [-0.2, 0) is 13.5 Å². The molecule has 2 atom stereocenters. The van der Waals surface area contributed by atoms with E-state index in [1.165, 1.54) is 0 Å². The molecule has 0 unspecified atom stereocenters. The van der Waals surface area contributed by atoms with Gasteiger partial charge in [0.15, 0.2) is 0 Å². The van der Waals surface area contributed by atoms with Crippen molar-refractivity contribution < 1.29 is 9.90 Å². The third kappa shape index (κ3) is 3.00. The quantitative estimate of drug-likeness (QED) is 0.937. The fraction of sp³-hybridized carbons (Fsp3) is 0.375. The van der Waals surface area contributed by atoms with Crippen LogP contribution in [0.25, 0.3) is 0 Å². The monoisotopic (exact) mass is 319 g/mol. The number of carbonyl (C=O) groups excluding carboxylic acids is 1. The number of halogens is 1. The number of aromatic nitrogens is 2. The van der Waals surface area contributed by atoms with E-state index in [9.17, 15) is 9.90 Å². The van der Waals surface area contributed by atoms with Crippen molar-refractivity contribution in [2.24, 2.45) is 13.0 Å². The number of rotatable bonds is 3. The van der Waals surface area contributed by atoms with Gasteiger partial charge in [-0.3, -0.25) is 9.78 Å². The second-order valence-corrected chi connectivity index (χ2v) is 6.19. The van der Waals surface area contributed by atoms with Gasteiger partial charge in [0.1, 0.15) is 5.69 Å². The number of β-amino-alcohol motifs (C(OH)–C–C–N with tert-alkyl or cyclic N) is 1. The molecule has 0 bridgehead atoms. The smallest absolute Gasteiger partial charge is 0.270 e. The molecule has 1 N–H and O–H groups in total. The molecule has 0 aromatic carbocycles. The molecular weight excluding hydrogens is 302 g/mol. The van der Waals surface area contributed by atoms with Crippen LogP contribution in [0.5, 0.6) is 0 Å². The van der Waals surface area contributed by atoms with E-state index in [0.717, 1.165) is 12.0 Å². The van der Waals surface area contributed by atoms with Crippen LogP contribution in [0, 0.1) is 5.92 Å². The first-order chi connectivity index (χ1) is 10.5. The SMILES string of the molecule is Cn1cc(Cl)cc1C(=O)N1C[C@@H](Cc2ccncc2)[C@@H](O)C1. The molecule has 0 saturated carbocycles. The number of pyridine rings is 1. The predicted molar refractivity (Wildman–Crippen MR) is 83.8 cm³/mol. The maximum Gasteiger partial charge on any atom is 0.270 e. The summed E-state index contributed by atoms with van der Waals surface area (Å²) in [4.78, 5) is 18.2. The zero-order valence-corrected chi connectivity index (χ0v) is 13.1. The fourth-order valence-corrected chi connectivity index (χ4v) is 3.19. The lowest BCUT2D eigenvalue weighted by molar-refractivity contribution is 0.0755. The predicted octanol–water partition coefficient (Wildman–Crippen LogP) is 1.75. The second kappa shape index (κ2) is 6.10. The highest BCUT2D eigenvalue weighted by Crippen LogP contribution is 2.24. The van der Waals surface area contributed by atoms with Crippen molar-refractivity contribution in [1.29, 1.82) is 0 Å². The summed E-state index contributed by atoms with van der Waals surface area (Å²) in [6, 6.07) is 5.54. The fourth-order valence-electron chi connectivity index (χ4n) is 2.94. The van der Waals surface area contributed by atoms with E-state index in [0.29, 0.717) is 23.8 Å². The largest absolute Gasteiger partial charge is 0.391 e. The van der Waals surface area contributed by atoms with Crippen molar-refractivity contribution in [3.63, 3.8) is 0 Å². The Bertz CT molecular complexity index is 671. The molecule has 3 heterocycles. The lowest BCUT2D eigenvalue weighted by atomic mass is 9.97. The summed E-state index contributed by atoms with van der Waals surface area (Å²) in [5.41, 5.74) is 1.66. The minimum atomic E-state index is -0.507. The standard InChI is InChI=1S/C16H18ClN3O2/c1-19-9-13(17)7-14(19)16(22)20-8-12(15(21)10-20)6-11-2-4-18-5-3-11/h2-5,7,9,12,15,21H,6,8,10H2,1H3/t12-,15+/m1/s1. The number of nitrogens with zero attached hydrogens (tertiary/aromatic N) is 3. The summed E-state index contributed by atoms with van der Waals surface area (Å²) >= 11 is 5.93. The van der Waals surface area contributed by atoms with Gasteiger partial charge in [0.05, 0.1) is 11.1 Å². The Labute approximate surface area is 134 Å². The molecule has 1 aliphatic rings. The highest BCUT2D eigenvalue weighted by molar-refractivity contribution is 6.31. The lowest BCUT2D eigenvalue weighted by Gasteiger charge is -2.16. The van der Waals surface area contributed by atoms with Crippen molar-refractivity contribution in [2.45, 2.75) is 12.5 Å². The first-order valence-corrected chi connectivity index (χ1v) is 7.60. The van der Waals surface area contributed by atoms with E-state index in [1.807, 2.05) is 12.1 Å². The molecule has 2 aromatic heterocycles. The molecule has 22 heavy (non-hydrogen) atoms. The number of aliphatic hydroxyl groups is 1. The van der Waals surface area contributed by atoms with Crippen LogP contribution >= 0.6 is 11.6 Å². The Morgan fingerprint density at radius 1 is 1.41 bits per heavy atom. The average molecular weight is 320 g/mol. The van der Waals surface area contributed by atoms with E-state index in [2.05, 4.69) is 4.98 Å². The average Bonchev–Trinajstić information content (AvgIpc) is 3.02. The molecule has 0 spiro atoms. The van der Waals surface area contributed by atoms with Crippen LogP contribution in [-0.4, -0.2) is 44.7 Å². The molecule has 1 fully saturated rings. The van der Waals surface area contributed by atoms with Crippen LogP contribution in [0.3, 0.4) is 0 Å². The Kier molecular flexibility index (Phi) is 4.18. The van der Waals surface area contributed by atoms with E-state index in [1.54, 1.807) is 41.2 Å². The van der Waals surface area contributed by atoms with Gasteiger partial charge in [0.25, 0.3) is 5.91 Å². The van der Waals surface area contributed by atoms with Crippen molar-refractivity contribution in [3.05, 3.63) is 53.1 Å². The molecule has 6 heteroatoms. The van der Waals surface area contributed by atoms with E-state index in [4.69, 9.17) is 11.6 Å². The molecule has 3 rings (SSSR count). The zero-order valence-electron chi connectivity index (χ0n) is 12.3. The number of aryl methyl sites for hydroxylation is 1. The Balaban J connectivity index is 1.70. The first-order valence-electron chi connectivity index (χ1n) is 7.22. The third-order valence-corrected chi connectivity index (χ3v) is 4.34. The number of likely N-dealkylation sites (tertiary alicyclic amines) is 1. The van der Waals surface area contributed by atoms with Gasteiger partial charge in [-0.1, -0.05) is 11.6 Å². The molecular formula is C16H18ClN3O2. The Morgan fingerprint density at radius 3 is 2.77 bits per heavy atom. The summed E-state index contributed by atoms with van der Waals surface area (Å²) in [6.45, 7) is 0.905. The number of amides is 1. The maximum absolute atomic E-state index is 12.6. The molecule has 2 aromatic rings. The van der Waals surface area contributed by atoms with E-state index in [-0.39, 0.29) is 11.8 Å². The van der Waals surface area contributed by atoms with Crippen molar-refractivity contribution >= 4 is 17.5 Å². The van der Waals surface area contributed by atoms with Crippen LogP contribution in [0.1, 0.15) is 16.1 Å². The number of carbonyl (C=O) groups is 1. The Hall–Kier alpha value is -1.85. The van der Waals surface area contributed by atoms with Crippen LogP contribution in [0.2, 0.25) is 5.02 Å². The molecule has 116 valence electrons. The highest BCUT2D eigenvalue weighted by atomic mass is 35.5. The van der Waals surface area contributed by atoms with Crippen LogP contribution in [0.4, 0.5) is 0 Å². The highest BCUT2D eigenvalue weighted by Gasteiger charge is 2.35. The van der Waals surface area contributed by atoms with Crippen molar-refractivity contribution in [3.8, 4) is 0 Å². The maximum atomic E-state index is 12.6. The van der Waals surface area contributed by atoms with Gasteiger partial charge in [0.2, 0.25) is 0 Å². The lowest BCUT2D eigenvalue weighted by Crippen LogP contribution is -2.30. The van der Waals surface area contributed by atoms with Gasteiger partial charge in [0, 0.05) is 44.6 Å². The minimum Gasteiger partial charge on any atom is -0.391 e. The van der Waals surface area contributed by atoms with Gasteiger partial charge in [-0.25, -0.2) is 0 Å². The second-order valence-electron chi connectivity index (χ2n) is 5.75. The summed E-state index contributed by atoms with van der Waals surface area (Å²) in [5, 5.41) is 10.8. The molecule has 0 aliphatic carbocycles. The summed E-state index contributed by atoms with van der Waals surface area (Å²) in [6.07, 6.45) is 5.42. The third-order valence-electron chi connectivity index (χ3n) is 4.13. The van der Waals surface area contributed by atoms with E-state index >= 15 is 0 Å². The summed E-state index contributed by atoms with van der Waals surface area (Å²) < 4.78 is 1.72. The molecule has 0 radical (unpaired) electrons. The van der Waals surface area contributed by atoms with Gasteiger partial charge in [-0.05, 0) is 30.2 Å². The van der Waals surface area contributed by atoms with Gasteiger partial charge in [-0.15, -0.1) is 0 Å². The minimum absolute atomic E-state index is 0.0436. The van der Waals surface area contributed by atoms with Crippen LogP contribution < -0.4 is 0 Å². The molecule has 1 saturated heterocycles. The number of aliphatic hydroxyl groups excluding tert-OH is 1. The normalized spacial score (nSPS) is 21.3. The number of hydrogen-bond acceptors (Lipinski definition) is 3. The zero-order chi connectivity index (χ0) is 15.7. The van der Waals surface area contributed by atoms with Gasteiger partial charge < -0.3 is 14.6 Å². The topological polar surface area (TPSA) is 58.4 Å². The van der Waals surface area contributed by atoms with Crippen LogP contribution in [0.15, 0.2) is 36.8 Å². The van der Waals surface area contributed by atoms with Crippen molar-refractivity contribution in [2.75, 3.05) is 13.1 Å². The first kappa shape index (κ1) is 15.1. The Morgan fingerprint density at radius 2 is 2.14 bits per heavy atom. The molecule has 5 nitrogen and oxygen atoms in total. The molecule has 1 aliphatic heterocycles. The summed E-state index contributed by atoms with van der Waals surface area (Å²) in [7, 11) is 1.79. The van der Waals surface area contributed by atoms with E-state index < -0.39 is 6.10 Å². The van der Waals surface area contributed by atoms with Gasteiger partial charge >= 0.3 is 0 Å². The summed E-state index contributed by atoms with van der Waals surface area (Å²) in [5.74, 6) is -0.0484. The number of hydrogen-bond donors (Lipinski definition) is 1. The van der Waals surface area contributed by atoms with Crippen molar-refractivity contribution in [1.82, 2.24) is 14.5 Å². The molecule has 1 amide bonds.